The maximum absolute atomic E-state index is 4.33. The normalized spacial score (nSPS) is 9.90. The van der Waals surface area contributed by atoms with Crippen LogP contribution in [0.15, 0.2) is 73.1 Å². The molecule has 0 aliphatic heterocycles. The molecule has 1 heterocycles. The molecule has 0 atom stereocenters. The Bertz CT molecular complexity index is 624. The lowest BCUT2D eigenvalue weighted by Gasteiger charge is -2.24. The van der Waals surface area contributed by atoms with E-state index in [1.54, 1.807) is 6.20 Å². The molecule has 1 aromatic heterocycles. The first-order valence-corrected chi connectivity index (χ1v) is 6.74. The van der Waals surface area contributed by atoms with Gasteiger partial charge in [-0.15, -0.1) is 0 Å². The Kier molecular flexibility index (Phi) is 5.41. The Hall–Kier alpha value is -2.26. The van der Waals surface area contributed by atoms with Crippen LogP contribution in [-0.4, -0.2) is 9.97 Å². The Morgan fingerprint density at radius 2 is 1.52 bits per heavy atom. The van der Waals surface area contributed by atoms with E-state index in [2.05, 4.69) is 63.4 Å². The third-order valence-corrected chi connectivity index (χ3v) is 3.23. The second-order valence-electron chi connectivity index (χ2n) is 4.71. The lowest BCUT2D eigenvalue weighted by atomic mass is 10.2. The van der Waals surface area contributed by atoms with Gasteiger partial charge < -0.3 is 22.3 Å². The molecule has 0 spiro atoms. The number of hydrogen-bond donors (Lipinski definition) is 1. The second kappa shape index (κ2) is 7.50. The van der Waals surface area contributed by atoms with Gasteiger partial charge in [0.15, 0.2) is 0 Å². The van der Waals surface area contributed by atoms with Gasteiger partial charge in [0.1, 0.15) is 5.82 Å². The van der Waals surface area contributed by atoms with E-state index in [9.17, 15) is 0 Å². The molecule has 0 radical (unpaired) electrons. The number of nitrogens with zero attached hydrogens (tertiary/aromatic N) is 2. The summed E-state index contributed by atoms with van der Waals surface area (Å²) in [7, 11) is 0. The smallest absolute Gasteiger partial charge is 0.125 e. The molecule has 0 fully saturated rings. The van der Waals surface area contributed by atoms with Gasteiger partial charge in [0.2, 0.25) is 0 Å². The van der Waals surface area contributed by atoms with Gasteiger partial charge in [-0.3, -0.25) is 0 Å². The number of rotatable bonds is 5. The minimum absolute atomic E-state index is 0. The summed E-state index contributed by atoms with van der Waals surface area (Å²) in [5, 5.41) is 0. The molecule has 1 N–H and O–H groups in total. The van der Waals surface area contributed by atoms with Gasteiger partial charge in [-0.05, 0) is 17.7 Å². The molecule has 0 saturated carbocycles. The fraction of sp³-hybridized carbons (Fsp3) is 0.118. The van der Waals surface area contributed by atoms with Crippen LogP contribution in [0.2, 0.25) is 0 Å². The zero-order valence-corrected chi connectivity index (χ0v) is 12.4. The van der Waals surface area contributed by atoms with Crippen molar-refractivity contribution in [1.82, 2.24) is 9.97 Å². The maximum atomic E-state index is 4.33. The minimum atomic E-state index is 0. The molecule has 21 heavy (non-hydrogen) atoms. The highest BCUT2D eigenvalue weighted by Crippen LogP contribution is 2.18. The number of imidazole rings is 1. The quantitative estimate of drug-likeness (QED) is 0.749. The number of hydrogen-bond acceptors (Lipinski definition) is 2. The van der Waals surface area contributed by atoms with Gasteiger partial charge >= 0.3 is 0 Å². The third kappa shape index (κ3) is 4.10. The van der Waals surface area contributed by atoms with Crippen LogP contribution in [0, 0.1) is 0 Å². The van der Waals surface area contributed by atoms with Crippen molar-refractivity contribution in [3.8, 4) is 0 Å². The van der Waals surface area contributed by atoms with E-state index in [-0.39, 0.29) is 12.4 Å². The van der Waals surface area contributed by atoms with Crippen LogP contribution in [0.5, 0.6) is 0 Å². The topological polar surface area (TPSA) is 31.9 Å². The number of H-pyrrole nitrogens is 1. The van der Waals surface area contributed by atoms with Crippen LogP contribution in [0.25, 0.3) is 0 Å². The van der Waals surface area contributed by atoms with Gasteiger partial charge in [-0.25, -0.2) is 4.98 Å². The Morgan fingerprint density at radius 1 is 0.857 bits per heavy atom. The first-order valence-electron chi connectivity index (χ1n) is 6.74. The molecule has 0 saturated heterocycles. The second-order valence-corrected chi connectivity index (χ2v) is 4.71. The van der Waals surface area contributed by atoms with Gasteiger partial charge in [0.25, 0.3) is 0 Å². The molecule has 108 valence electrons. The molecule has 2 aromatic carbocycles. The van der Waals surface area contributed by atoms with Crippen LogP contribution in [-0.2, 0) is 13.1 Å². The van der Waals surface area contributed by atoms with Crippen molar-refractivity contribution >= 4 is 5.69 Å². The van der Waals surface area contributed by atoms with E-state index in [1.807, 2.05) is 18.3 Å². The molecule has 0 aliphatic rings. The van der Waals surface area contributed by atoms with Crippen molar-refractivity contribution in [2.45, 2.75) is 13.1 Å². The van der Waals surface area contributed by atoms with Crippen molar-refractivity contribution in [1.29, 1.82) is 0 Å². The predicted octanol–water partition coefficient (Wildman–Crippen LogP) is 0.621. The molecule has 0 bridgehead atoms. The summed E-state index contributed by atoms with van der Waals surface area (Å²) < 4.78 is 0. The number of halogens is 1. The summed E-state index contributed by atoms with van der Waals surface area (Å²) in [5.74, 6) is 0.977. The first-order chi connectivity index (χ1) is 9.92. The SMILES string of the molecule is [Cl-].c1ccc(CN(Cc2ncc[nH]2)c2ccccc2)cc1. The molecule has 3 nitrogen and oxygen atoms in total. The molecular formula is C17H17ClN3-. The van der Waals surface area contributed by atoms with E-state index >= 15 is 0 Å². The fourth-order valence-electron chi connectivity index (χ4n) is 2.25. The van der Waals surface area contributed by atoms with E-state index < -0.39 is 0 Å². The lowest BCUT2D eigenvalue weighted by Crippen LogP contribution is -3.00. The highest BCUT2D eigenvalue weighted by Gasteiger charge is 2.09. The third-order valence-electron chi connectivity index (χ3n) is 3.23. The Morgan fingerprint density at radius 3 is 2.14 bits per heavy atom. The summed E-state index contributed by atoms with van der Waals surface area (Å²) in [6, 6.07) is 20.9. The Balaban J connectivity index is 0.00000161. The highest BCUT2D eigenvalue weighted by atomic mass is 35.5. The molecule has 0 aliphatic carbocycles. The summed E-state index contributed by atoms with van der Waals surface area (Å²) in [4.78, 5) is 9.81. The average molecular weight is 299 g/mol. The zero-order chi connectivity index (χ0) is 13.6. The van der Waals surface area contributed by atoms with Crippen LogP contribution in [0.4, 0.5) is 5.69 Å². The number of benzene rings is 2. The van der Waals surface area contributed by atoms with E-state index in [0.717, 1.165) is 18.9 Å². The van der Waals surface area contributed by atoms with Crippen molar-refractivity contribution in [2.75, 3.05) is 4.90 Å². The van der Waals surface area contributed by atoms with Crippen molar-refractivity contribution in [2.24, 2.45) is 0 Å². The molecule has 0 unspecified atom stereocenters. The monoisotopic (exact) mass is 298 g/mol. The Labute approximate surface area is 131 Å². The molecule has 3 aromatic rings. The molecule has 0 amide bonds. The van der Waals surface area contributed by atoms with E-state index in [1.165, 1.54) is 11.3 Å². The molecule has 4 heteroatoms. The van der Waals surface area contributed by atoms with Gasteiger partial charge in [-0.2, -0.15) is 0 Å². The van der Waals surface area contributed by atoms with Crippen molar-refractivity contribution in [3.63, 3.8) is 0 Å². The summed E-state index contributed by atoms with van der Waals surface area (Å²) >= 11 is 0. The van der Waals surface area contributed by atoms with Crippen LogP contribution >= 0.6 is 0 Å². The summed E-state index contributed by atoms with van der Waals surface area (Å²) in [6.45, 7) is 1.64. The maximum Gasteiger partial charge on any atom is 0.125 e. The van der Waals surface area contributed by atoms with E-state index in [4.69, 9.17) is 0 Å². The summed E-state index contributed by atoms with van der Waals surface area (Å²) in [6.07, 6.45) is 3.65. The van der Waals surface area contributed by atoms with Crippen LogP contribution in [0.3, 0.4) is 0 Å². The molecule has 3 rings (SSSR count). The number of aromatic nitrogens is 2. The minimum Gasteiger partial charge on any atom is -1.00 e. The first kappa shape index (κ1) is 15.1. The van der Waals surface area contributed by atoms with Crippen molar-refractivity contribution in [3.05, 3.63) is 84.4 Å². The number of aromatic amines is 1. The summed E-state index contributed by atoms with van der Waals surface area (Å²) in [5.41, 5.74) is 2.50. The van der Waals surface area contributed by atoms with Gasteiger partial charge in [0, 0.05) is 24.6 Å². The average Bonchev–Trinajstić information content (AvgIpc) is 3.02. The zero-order valence-electron chi connectivity index (χ0n) is 11.6. The van der Waals surface area contributed by atoms with Gasteiger partial charge in [0.05, 0.1) is 6.54 Å². The number of para-hydroxylation sites is 1. The lowest BCUT2D eigenvalue weighted by molar-refractivity contribution is -0.00000418. The van der Waals surface area contributed by atoms with Crippen LogP contribution in [0.1, 0.15) is 11.4 Å². The van der Waals surface area contributed by atoms with Crippen molar-refractivity contribution < 1.29 is 12.4 Å². The standard InChI is InChI=1S/C17H17N3.ClH/c1-3-7-15(8-4-1)13-20(14-17-18-11-12-19-17)16-9-5-2-6-10-16;/h1-12H,13-14H2,(H,18,19);1H/p-1. The number of nitrogens with one attached hydrogen (secondary N) is 1. The largest absolute Gasteiger partial charge is 1.00 e. The van der Waals surface area contributed by atoms with Gasteiger partial charge in [-0.1, -0.05) is 48.5 Å². The highest BCUT2D eigenvalue weighted by molar-refractivity contribution is 5.46. The predicted molar refractivity (Wildman–Crippen MR) is 81.4 cm³/mol. The molecular weight excluding hydrogens is 282 g/mol. The number of anilines is 1. The van der Waals surface area contributed by atoms with E-state index in [0.29, 0.717) is 0 Å². The van der Waals surface area contributed by atoms with Crippen LogP contribution < -0.4 is 17.3 Å². The fourth-order valence-corrected chi connectivity index (χ4v) is 2.25.